The Balaban J connectivity index is 1.77. The van der Waals surface area contributed by atoms with Gasteiger partial charge in [0, 0.05) is 29.3 Å². The molecule has 0 saturated carbocycles. The molecule has 0 spiro atoms. The quantitative estimate of drug-likeness (QED) is 0.802. The molecule has 28 heavy (non-hydrogen) atoms. The molecule has 0 bridgehead atoms. The molecule has 1 fully saturated rings. The molecular formula is C20H25N3O4S. The molecule has 0 radical (unpaired) electrons. The van der Waals surface area contributed by atoms with Gasteiger partial charge in [-0.2, -0.15) is 4.99 Å². The molecule has 8 heteroatoms. The molecule has 0 aliphatic carbocycles. The Kier molecular flexibility index (Phi) is 6.64. The van der Waals surface area contributed by atoms with E-state index in [2.05, 4.69) is 10.3 Å². The lowest BCUT2D eigenvalue weighted by atomic mass is 10.2. The Morgan fingerprint density at radius 3 is 2.93 bits per heavy atom. The number of benzene rings is 1. The number of nitrogens with one attached hydrogen (secondary N) is 1. The Labute approximate surface area is 168 Å². The van der Waals surface area contributed by atoms with Gasteiger partial charge >= 0.3 is 0 Å². The fourth-order valence-electron chi connectivity index (χ4n) is 3.01. The number of amides is 2. The van der Waals surface area contributed by atoms with Crippen LogP contribution in [-0.2, 0) is 16.1 Å². The van der Waals surface area contributed by atoms with Gasteiger partial charge in [-0.3, -0.25) is 9.59 Å². The third kappa shape index (κ3) is 4.88. The standard InChI is InChI=1S/C20H25N3O4S/c1-13-14(2)28-20(22-19(25)15-6-4-7-16(10-15)26-3)23(13)12-18(24)21-11-17-8-5-9-27-17/h4,6-7,10,17H,5,8-9,11-12H2,1-3H3,(H,21,24). The summed E-state index contributed by atoms with van der Waals surface area (Å²) in [4.78, 5) is 30.8. The van der Waals surface area contributed by atoms with Gasteiger partial charge < -0.3 is 19.4 Å². The van der Waals surface area contributed by atoms with E-state index < -0.39 is 0 Å². The zero-order chi connectivity index (χ0) is 20.1. The van der Waals surface area contributed by atoms with Gasteiger partial charge in [-0.15, -0.1) is 11.3 Å². The van der Waals surface area contributed by atoms with Gasteiger partial charge in [-0.1, -0.05) is 6.07 Å². The van der Waals surface area contributed by atoms with Crippen LogP contribution >= 0.6 is 11.3 Å². The normalized spacial score (nSPS) is 17.0. The average molecular weight is 404 g/mol. The lowest BCUT2D eigenvalue weighted by Crippen LogP contribution is -2.36. The fourth-order valence-corrected chi connectivity index (χ4v) is 3.98. The molecule has 150 valence electrons. The summed E-state index contributed by atoms with van der Waals surface area (Å²) in [7, 11) is 1.55. The highest BCUT2D eigenvalue weighted by atomic mass is 32.1. The van der Waals surface area contributed by atoms with Crippen LogP contribution in [0, 0.1) is 13.8 Å². The molecule has 1 saturated heterocycles. The summed E-state index contributed by atoms with van der Waals surface area (Å²) < 4.78 is 12.5. The molecule has 1 N–H and O–H groups in total. The van der Waals surface area contributed by atoms with Crippen LogP contribution < -0.4 is 14.9 Å². The maximum Gasteiger partial charge on any atom is 0.279 e. The van der Waals surface area contributed by atoms with Crippen LogP contribution in [0.25, 0.3) is 0 Å². The summed E-state index contributed by atoms with van der Waals surface area (Å²) >= 11 is 1.40. The van der Waals surface area contributed by atoms with Gasteiger partial charge in [0.05, 0.1) is 13.2 Å². The molecule has 1 aliphatic rings. The number of ether oxygens (including phenoxy) is 2. The van der Waals surface area contributed by atoms with E-state index in [9.17, 15) is 9.59 Å². The van der Waals surface area contributed by atoms with Crippen molar-refractivity contribution < 1.29 is 19.1 Å². The third-order valence-corrected chi connectivity index (χ3v) is 5.85. The van der Waals surface area contributed by atoms with Crippen LogP contribution in [-0.4, -0.2) is 42.7 Å². The van der Waals surface area contributed by atoms with Crippen molar-refractivity contribution in [3.8, 4) is 5.75 Å². The van der Waals surface area contributed by atoms with E-state index in [0.29, 0.717) is 22.7 Å². The van der Waals surface area contributed by atoms with Crippen LogP contribution in [0.4, 0.5) is 0 Å². The number of nitrogens with zero attached hydrogens (tertiary/aromatic N) is 2. The maximum absolute atomic E-state index is 12.6. The average Bonchev–Trinajstić information content (AvgIpc) is 3.31. The third-order valence-electron chi connectivity index (χ3n) is 4.76. The Bertz CT molecular complexity index is 926. The van der Waals surface area contributed by atoms with Crippen molar-refractivity contribution in [1.29, 1.82) is 0 Å². The van der Waals surface area contributed by atoms with Gasteiger partial charge in [0.25, 0.3) is 5.91 Å². The molecule has 2 aromatic rings. The van der Waals surface area contributed by atoms with Crippen LogP contribution in [0.1, 0.15) is 33.8 Å². The second kappa shape index (κ2) is 9.16. The maximum atomic E-state index is 12.6. The predicted octanol–water partition coefficient (Wildman–Crippen LogP) is 2.21. The van der Waals surface area contributed by atoms with Gasteiger partial charge in [0.2, 0.25) is 5.91 Å². The van der Waals surface area contributed by atoms with Crippen LogP contribution in [0.15, 0.2) is 29.3 Å². The van der Waals surface area contributed by atoms with E-state index in [1.165, 1.54) is 11.3 Å². The second-order valence-corrected chi connectivity index (χ2v) is 7.88. The van der Waals surface area contributed by atoms with E-state index in [1.807, 2.05) is 13.8 Å². The molecule has 1 unspecified atom stereocenters. The molecule has 1 aliphatic heterocycles. The number of aromatic nitrogens is 1. The summed E-state index contributed by atoms with van der Waals surface area (Å²) in [5, 5.41) is 2.91. The Morgan fingerprint density at radius 2 is 2.21 bits per heavy atom. The monoisotopic (exact) mass is 403 g/mol. The van der Waals surface area contributed by atoms with E-state index >= 15 is 0 Å². The first-order valence-electron chi connectivity index (χ1n) is 9.26. The molecule has 1 aromatic heterocycles. The van der Waals surface area contributed by atoms with E-state index in [0.717, 1.165) is 30.0 Å². The van der Waals surface area contributed by atoms with Crippen molar-refractivity contribution in [1.82, 2.24) is 9.88 Å². The first-order valence-corrected chi connectivity index (χ1v) is 10.1. The molecule has 1 aromatic carbocycles. The van der Waals surface area contributed by atoms with Crippen molar-refractivity contribution in [2.45, 2.75) is 39.3 Å². The molecule has 7 nitrogen and oxygen atoms in total. The number of carbonyl (C=O) groups is 2. The highest BCUT2D eigenvalue weighted by Gasteiger charge is 2.17. The molecule has 3 rings (SSSR count). The second-order valence-electron chi connectivity index (χ2n) is 6.70. The van der Waals surface area contributed by atoms with Crippen molar-refractivity contribution in [2.75, 3.05) is 20.3 Å². The lowest BCUT2D eigenvalue weighted by Gasteiger charge is -2.12. The topological polar surface area (TPSA) is 81.9 Å². The highest BCUT2D eigenvalue weighted by molar-refractivity contribution is 7.09. The first-order chi connectivity index (χ1) is 13.5. The Morgan fingerprint density at radius 1 is 1.39 bits per heavy atom. The van der Waals surface area contributed by atoms with Gasteiger partial charge in [-0.25, -0.2) is 0 Å². The molecule has 2 amide bonds. The SMILES string of the molecule is COc1cccc(C(=O)N=c2sc(C)c(C)n2CC(=O)NCC2CCCO2)c1. The number of hydrogen-bond acceptors (Lipinski definition) is 5. The summed E-state index contributed by atoms with van der Waals surface area (Å²) in [6, 6.07) is 6.87. The van der Waals surface area contributed by atoms with Crippen molar-refractivity contribution >= 4 is 23.2 Å². The summed E-state index contributed by atoms with van der Waals surface area (Å²) in [5.41, 5.74) is 1.37. The molecule has 1 atom stereocenters. The number of thiazole rings is 1. The minimum absolute atomic E-state index is 0.0954. The van der Waals surface area contributed by atoms with Crippen LogP contribution in [0.2, 0.25) is 0 Å². The lowest BCUT2D eigenvalue weighted by molar-refractivity contribution is -0.122. The minimum Gasteiger partial charge on any atom is -0.497 e. The van der Waals surface area contributed by atoms with Crippen molar-refractivity contribution in [2.24, 2.45) is 4.99 Å². The molecular weight excluding hydrogens is 378 g/mol. The zero-order valence-corrected chi connectivity index (χ0v) is 17.2. The molecule has 2 heterocycles. The number of carbonyl (C=O) groups excluding carboxylic acids is 2. The predicted molar refractivity (Wildman–Crippen MR) is 107 cm³/mol. The van der Waals surface area contributed by atoms with Crippen LogP contribution in [0.3, 0.4) is 0 Å². The van der Waals surface area contributed by atoms with Gasteiger partial charge in [-0.05, 0) is 44.9 Å². The minimum atomic E-state index is -0.367. The number of hydrogen-bond donors (Lipinski definition) is 1. The van der Waals surface area contributed by atoms with E-state index in [1.54, 1.807) is 35.9 Å². The van der Waals surface area contributed by atoms with Crippen LogP contribution in [0.5, 0.6) is 5.75 Å². The van der Waals surface area contributed by atoms with Gasteiger partial charge in [0.1, 0.15) is 12.3 Å². The number of methoxy groups -OCH3 is 1. The number of rotatable bonds is 6. The van der Waals surface area contributed by atoms with E-state index in [-0.39, 0.29) is 24.5 Å². The fraction of sp³-hybridized carbons (Fsp3) is 0.450. The smallest absolute Gasteiger partial charge is 0.279 e. The van der Waals surface area contributed by atoms with Crippen molar-refractivity contribution in [3.63, 3.8) is 0 Å². The summed E-state index contributed by atoms with van der Waals surface area (Å²) in [5.74, 6) is 0.112. The zero-order valence-electron chi connectivity index (χ0n) is 16.4. The summed E-state index contributed by atoms with van der Waals surface area (Å²) in [6.45, 7) is 5.27. The first kappa shape index (κ1) is 20.3. The van der Waals surface area contributed by atoms with Gasteiger partial charge in [0.15, 0.2) is 4.80 Å². The highest BCUT2D eigenvalue weighted by Crippen LogP contribution is 2.14. The Hall–Kier alpha value is -2.45. The van der Waals surface area contributed by atoms with E-state index in [4.69, 9.17) is 9.47 Å². The number of aryl methyl sites for hydroxylation is 1. The largest absolute Gasteiger partial charge is 0.497 e. The van der Waals surface area contributed by atoms with Crippen molar-refractivity contribution in [3.05, 3.63) is 45.2 Å². The summed E-state index contributed by atoms with van der Waals surface area (Å²) in [6.07, 6.45) is 2.10.